The summed E-state index contributed by atoms with van der Waals surface area (Å²) in [5, 5.41) is 9.75. The van der Waals surface area contributed by atoms with Gasteiger partial charge in [-0.25, -0.2) is 10.4 Å². The summed E-state index contributed by atoms with van der Waals surface area (Å²) in [4.78, 5) is 61.8. The molecule has 2 aliphatic heterocycles. The number of hydrazine groups is 2. The largest absolute Gasteiger partial charge is 1.00 e. The summed E-state index contributed by atoms with van der Waals surface area (Å²) in [5.41, 5.74) is 16.7. The van der Waals surface area contributed by atoms with Crippen molar-refractivity contribution >= 4 is 64.2 Å². The van der Waals surface area contributed by atoms with Crippen molar-refractivity contribution in [3.05, 3.63) is 123 Å². The van der Waals surface area contributed by atoms with Crippen LogP contribution in [0.5, 0.6) is 23.0 Å². The third kappa shape index (κ3) is 23.3. The topological polar surface area (TPSA) is 194 Å². The van der Waals surface area contributed by atoms with E-state index in [1.54, 1.807) is 36.4 Å². The number of carbonyl (C=O) groups is 5. The minimum Gasteiger partial charge on any atom is -1.00 e. The second-order valence-corrected chi connectivity index (χ2v) is 20.6. The molecule has 2 heterocycles. The number of fused-ring (bicyclic) bond motifs is 2. The van der Waals surface area contributed by atoms with Gasteiger partial charge in [0.25, 0.3) is 29.4 Å². The molecule has 0 saturated heterocycles. The van der Waals surface area contributed by atoms with Gasteiger partial charge >= 0.3 is 103 Å². The van der Waals surface area contributed by atoms with Crippen LogP contribution in [-0.2, 0) is 22.5 Å². The third-order valence-electron chi connectivity index (χ3n) is 11.6. The fourth-order valence-electron chi connectivity index (χ4n) is 8.36. The van der Waals surface area contributed by atoms with E-state index in [1.807, 2.05) is 72.7 Å². The molecular weight excluding hydrogens is 1090 g/mol. The van der Waals surface area contributed by atoms with Crippen molar-refractivity contribution in [2.24, 2.45) is 10.8 Å². The molecule has 2 unspecified atom stereocenters. The Bertz CT molecular complexity index is 2470. The molecule has 20 heteroatoms. The summed E-state index contributed by atoms with van der Waals surface area (Å²) in [5.74, 6) is 1.96. The minimum absolute atomic E-state index is 0. The molecular formula is C56H76Cl3K2N4O11+. The van der Waals surface area contributed by atoms with E-state index in [2.05, 4.69) is 69.6 Å². The Morgan fingerprint density at radius 2 is 1.11 bits per heavy atom. The van der Waals surface area contributed by atoms with Gasteiger partial charge < -0.3 is 30.5 Å². The number of nitrogens with zero attached hydrogens (tertiary/aromatic N) is 1. The first-order chi connectivity index (χ1) is 34.9. The number of benzene rings is 4. The van der Waals surface area contributed by atoms with E-state index in [9.17, 15) is 19.2 Å². The van der Waals surface area contributed by atoms with Crippen molar-refractivity contribution in [1.82, 2.24) is 21.3 Å². The SMILES string of the molecule is CCc1c(C(=O)NN(C(=O)c2cc(C)cc(C)c2)C(CC)C(C)(C)C)ccc2c1OCCO2.Cc1cc(C)cc(C(=O)Cl)c1.ClCCl.O=CO[O-].[CH2+]CC(NNC(=O)c1ccc2c(c1CC)OCCO2)C(C)(C)C.[H-].[K+].[K+]. The van der Waals surface area contributed by atoms with E-state index in [1.165, 1.54) is 5.01 Å². The number of amides is 3. The van der Waals surface area contributed by atoms with E-state index in [-0.39, 0.29) is 157 Å². The Hall–Kier alpha value is -2.44. The molecule has 0 aliphatic carbocycles. The molecule has 408 valence electrons. The average Bonchev–Trinajstić information content (AvgIpc) is 3.34. The first-order valence-corrected chi connectivity index (χ1v) is 25.8. The smallest absolute Gasteiger partial charge is 1.00 e. The van der Waals surface area contributed by atoms with Crippen LogP contribution in [0.3, 0.4) is 0 Å². The number of nitrogens with one attached hydrogen (secondary N) is 3. The molecule has 2 aliphatic rings. The molecule has 6 rings (SSSR count). The van der Waals surface area contributed by atoms with Gasteiger partial charge in [-0.15, -0.1) is 23.2 Å². The molecule has 0 spiro atoms. The van der Waals surface area contributed by atoms with Gasteiger partial charge in [-0.05, 0) is 118 Å². The fourth-order valence-corrected chi connectivity index (χ4v) is 8.47. The summed E-state index contributed by atoms with van der Waals surface area (Å²) in [6, 6.07) is 18.3. The second-order valence-electron chi connectivity index (χ2n) is 19.5. The fraction of sp³-hybridized carbons (Fsp3) is 0.464. The van der Waals surface area contributed by atoms with Crippen molar-refractivity contribution in [2.75, 3.05) is 31.8 Å². The summed E-state index contributed by atoms with van der Waals surface area (Å²) in [6.45, 7) is 32.2. The molecule has 0 radical (unpaired) electrons. The zero-order valence-electron chi connectivity index (χ0n) is 48.1. The van der Waals surface area contributed by atoms with Gasteiger partial charge in [-0.1, -0.05) is 96.7 Å². The number of carbonyl (C=O) groups excluding carboxylic acids is 5. The number of aryl methyl sites for hydroxylation is 4. The minimum atomic E-state index is -0.392. The van der Waals surface area contributed by atoms with Crippen LogP contribution < -0.4 is 143 Å². The number of hydrogen-bond donors (Lipinski definition) is 3. The maximum absolute atomic E-state index is 13.7. The van der Waals surface area contributed by atoms with Gasteiger partial charge in [0.15, 0.2) is 23.0 Å². The molecule has 2 atom stereocenters. The molecule has 15 nitrogen and oxygen atoms in total. The van der Waals surface area contributed by atoms with Gasteiger partial charge in [0.05, 0.1) is 24.3 Å². The van der Waals surface area contributed by atoms with Crippen LogP contribution in [0.4, 0.5) is 0 Å². The van der Waals surface area contributed by atoms with E-state index in [0.717, 1.165) is 33.4 Å². The Balaban J connectivity index is 0. The summed E-state index contributed by atoms with van der Waals surface area (Å²) >= 11 is 14.8. The van der Waals surface area contributed by atoms with Crippen molar-refractivity contribution in [3.8, 4) is 23.0 Å². The Morgan fingerprint density at radius 1 is 0.711 bits per heavy atom. The normalized spacial score (nSPS) is 12.5. The van der Waals surface area contributed by atoms with E-state index in [0.29, 0.717) is 97.4 Å². The van der Waals surface area contributed by atoms with Crippen molar-refractivity contribution < 1.29 is 157 Å². The van der Waals surface area contributed by atoms with Crippen LogP contribution >= 0.6 is 34.8 Å². The van der Waals surface area contributed by atoms with E-state index >= 15 is 0 Å². The van der Waals surface area contributed by atoms with E-state index in [4.69, 9.17) is 63.8 Å². The zero-order valence-corrected chi connectivity index (χ0v) is 55.7. The predicted octanol–water partition coefficient (Wildman–Crippen LogP) is 4.80. The molecule has 0 fully saturated rings. The van der Waals surface area contributed by atoms with Gasteiger partial charge in [-0.3, -0.25) is 34.8 Å². The second kappa shape index (κ2) is 36.7. The first-order valence-electron chi connectivity index (χ1n) is 24.4. The summed E-state index contributed by atoms with van der Waals surface area (Å²) in [7, 11) is 0. The molecule has 4 aromatic rings. The number of rotatable bonds is 12. The predicted molar refractivity (Wildman–Crippen MR) is 291 cm³/mol. The van der Waals surface area contributed by atoms with Crippen molar-refractivity contribution in [2.45, 2.75) is 128 Å². The monoisotopic (exact) mass is 1160 g/mol. The summed E-state index contributed by atoms with van der Waals surface area (Å²) in [6.07, 6.45) is 2.69. The Kier molecular flexibility index (Phi) is 35.6. The van der Waals surface area contributed by atoms with Crippen LogP contribution in [0.2, 0.25) is 0 Å². The molecule has 76 heavy (non-hydrogen) atoms. The first kappa shape index (κ1) is 73.6. The van der Waals surface area contributed by atoms with Gasteiger partial charge in [0.2, 0.25) is 0 Å². The number of hydrogen-bond acceptors (Lipinski definition) is 12. The number of ether oxygens (including phenoxy) is 4. The van der Waals surface area contributed by atoms with Crippen LogP contribution in [0.1, 0.15) is 151 Å². The van der Waals surface area contributed by atoms with Crippen LogP contribution in [0, 0.1) is 45.4 Å². The van der Waals surface area contributed by atoms with Crippen LogP contribution in [0.15, 0.2) is 60.7 Å². The molecule has 0 bridgehead atoms. The Morgan fingerprint density at radius 3 is 1.45 bits per heavy atom. The Labute approximate surface area is 552 Å². The third-order valence-corrected chi connectivity index (χ3v) is 11.8. The number of halogens is 3. The zero-order chi connectivity index (χ0) is 55.9. The van der Waals surface area contributed by atoms with Crippen LogP contribution in [-0.4, -0.2) is 78.3 Å². The van der Waals surface area contributed by atoms with Crippen LogP contribution in [0.25, 0.3) is 0 Å². The molecule has 4 aromatic carbocycles. The maximum atomic E-state index is 13.7. The maximum Gasteiger partial charge on any atom is 1.00 e. The number of alkyl halides is 2. The summed E-state index contributed by atoms with van der Waals surface area (Å²) < 4.78 is 22.8. The van der Waals surface area contributed by atoms with E-state index < -0.39 is 5.24 Å². The molecule has 0 saturated carbocycles. The van der Waals surface area contributed by atoms with Crippen molar-refractivity contribution in [3.63, 3.8) is 0 Å². The van der Waals surface area contributed by atoms with Gasteiger partial charge in [-0.2, -0.15) is 0 Å². The molecule has 3 amide bonds. The molecule has 0 aromatic heterocycles. The molecule has 3 N–H and O–H groups in total. The van der Waals surface area contributed by atoms with Crippen molar-refractivity contribution in [1.29, 1.82) is 0 Å². The quantitative estimate of drug-likeness (QED) is 0.0335. The standard InChI is InChI=1S/C27H36N2O4.C18H26N2O3.C9H9ClO.CH2Cl2.CH2O3.2K.H/c1-8-20-21(10-11-22-24(20)33-13-12-32-22)25(30)28-29(23(9-2)27(5,6)7)26(31)19-15-17(3)14-18(4)16-19;1-6-12-13(8-9-14-16(12)23-11-10-22-14)17(21)20-19-15(7-2)18(3,4)5;1-6-3-7(2)5-8(4-6)9(10)11;2-1-3;2-1-4-3;;;/h10-11,14-16,23H,8-9,12-13H2,1-7H3,(H,28,30);8-9,15,19H,2,6-7,10-11H2,1,3-5H3;3-5H,1-2H3;1H2;1,3H;;;/q;;;;;2*+1;-1. The average molecular weight is 1170 g/mol. The van der Waals surface area contributed by atoms with Gasteiger partial charge in [0.1, 0.15) is 32.8 Å². The van der Waals surface area contributed by atoms with Gasteiger partial charge in [0, 0.05) is 33.4 Å².